The molecule has 122 valence electrons. The van der Waals surface area contributed by atoms with Gasteiger partial charge in [-0.2, -0.15) is 5.10 Å². The lowest BCUT2D eigenvalue weighted by Gasteiger charge is -2.18. The van der Waals surface area contributed by atoms with Gasteiger partial charge in [0.25, 0.3) is 5.91 Å². The van der Waals surface area contributed by atoms with E-state index in [1.165, 1.54) is 35.1 Å². The fourth-order valence-corrected chi connectivity index (χ4v) is 3.00. The van der Waals surface area contributed by atoms with Crippen LogP contribution in [0.15, 0.2) is 30.5 Å². The maximum atomic E-state index is 13.0. The Morgan fingerprint density at radius 2 is 2.13 bits per heavy atom. The van der Waals surface area contributed by atoms with E-state index in [2.05, 4.69) is 10.4 Å². The lowest BCUT2D eigenvalue weighted by atomic mass is 10.0. The van der Waals surface area contributed by atoms with E-state index in [0.717, 1.165) is 19.3 Å². The standard InChI is InChI=1S/C16H19FN4O2/c17-11-4-6-12(7-5-11)21-9-14(22)15(20-21)16(23)19-13-3-1-2-10(13)8-18/h4-7,9-10,13,22H,1-3,8,18H2,(H,19,23). The van der Waals surface area contributed by atoms with Gasteiger partial charge < -0.3 is 16.2 Å². The molecule has 4 N–H and O–H groups in total. The predicted molar refractivity (Wildman–Crippen MR) is 82.8 cm³/mol. The maximum absolute atomic E-state index is 13.0. The van der Waals surface area contributed by atoms with Gasteiger partial charge in [-0.05, 0) is 49.6 Å². The Bertz CT molecular complexity index is 699. The van der Waals surface area contributed by atoms with E-state index in [0.29, 0.717) is 12.2 Å². The molecule has 6 nitrogen and oxygen atoms in total. The minimum Gasteiger partial charge on any atom is -0.504 e. The molecule has 1 aliphatic carbocycles. The van der Waals surface area contributed by atoms with Gasteiger partial charge in [-0.1, -0.05) is 6.42 Å². The van der Waals surface area contributed by atoms with Crippen LogP contribution in [0.2, 0.25) is 0 Å². The van der Waals surface area contributed by atoms with Crippen molar-refractivity contribution in [2.24, 2.45) is 11.7 Å². The molecule has 2 unspecified atom stereocenters. The molecule has 1 fully saturated rings. The van der Waals surface area contributed by atoms with Crippen LogP contribution in [0.1, 0.15) is 29.8 Å². The van der Waals surface area contributed by atoms with E-state index in [1.54, 1.807) is 0 Å². The number of halogens is 1. The van der Waals surface area contributed by atoms with Crippen molar-refractivity contribution in [3.8, 4) is 11.4 Å². The van der Waals surface area contributed by atoms with Gasteiger partial charge in [-0.3, -0.25) is 4.79 Å². The molecule has 1 amide bonds. The Morgan fingerprint density at radius 3 is 2.83 bits per heavy atom. The summed E-state index contributed by atoms with van der Waals surface area (Å²) in [5.74, 6) is -0.736. The van der Waals surface area contributed by atoms with Crippen molar-refractivity contribution < 1.29 is 14.3 Å². The summed E-state index contributed by atoms with van der Waals surface area (Å²) < 4.78 is 14.3. The number of nitrogens with one attached hydrogen (secondary N) is 1. The minimum absolute atomic E-state index is 0.0165. The summed E-state index contributed by atoms with van der Waals surface area (Å²) in [7, 11) is 0. The summed E-state index contributed by atoms with van der Waals surface area (Å²) in [5, 5.41) is 17.0. The van der Waals surface area contributed by atoms with Crippen LogP contribution < -0.4 is 11.1 Å². The summed E-state index contributed by atoms with van der Waals surface area (Å²) in [5.41, 5.74) is 6.22. The van der Waals surface area contributed by atoms with Crippen LogP contribution in [0.25, 0.3) is 5.69 Å². The molecular formula is C16H19FN4O2. The van der Waals surface area contributed by atoms with Gasteiger partial charge in [0.1, 0.15) is 5.82 Å². The minimum atomic E-state index is -0.422. The number of aromatic nitrogens is 2. The van der Waals surface area contributed by atoms with Crippen LogP contribution in [-0.2, 0) is 0 Å². The number of hydrogen-bond donors (Lipinski definition) is 3. The molecule has 1 heterocycles. The van der Waals surface area contributed by atoms with Gasteiger partial charge in [0.15, 0.2) is 11.4 Å². The highest BCUT2D eigenvalue weighted by molar-refractivity contribution is 5.95. The van der Waals surface area contributed by atoms with Crippen LogP contribution in [0, 0.1) is 11.7 Å². The average Bonchev–Trinajstić information content (AvgIpc) is 3.14. The monoisotopic (exact) mass is 318 g/mol. The van der Waals surface area contributed by atoms with E-state index in [4.69, 9.17) is 5.73 Å². The Labute approximate surface area is 133 Å². The van der Waals surface area contributed by atoms with Crippen molar-refractivity contribution >= 4 is 5.91 Å². The van der Waals surface area contributed by atoms with Gasteiger partial charge in [-0.25, -0.2) is 9.07 Å². The second kappa shape index (κ2) is 6.37. The SMILES string of the molecule is NCC1CCCC1NC(=O)c1nn(-c2ccc(F)cc2)cc1O. The number of carbonyl (C=O) groups is 1. The Kier molecular flexibility index (Phi) is 4.29. The lowest BCUT2D eigenvalue weighted by Crippen LogP contribution is -2.40. The predicted octanol–water partition coefficient (Wildman–Crippen LogP) is 1.57. The highest BCUT2D eigenvalue weighted by Gasteiger charge is 2.29. The lowest BCUT2D eigenvalue weighted by molar-refractivity contribution is 0.0920. The summed E-state index contributed by atoms with van der Waals surface area (Å²) in [6.07, 6.45) is 4.24. The topological polar surface area (TPSA) is 93.2 Å². The van der Waals surface area contributed by atoms with Gasteiger partial charge in [0.2, 0.25) is 0 Å². The third-order valence-electron chi connectivity index (χ3n) is 4.28. The first-order valence-electron chi connectivity index (χ1n) is 7.64. The number of rotatable bonds is 4. The van der Waals surface area contributed by atoms with E-state index in [-0.39, 0.29) is 29.2 Å². The van der Waals surface area contributed by atoms with Crippen molar-refractivity contribution in [2.45, 2.75) is 25.3 Å². The number of aromatic hydroxyl groups is 1. The summed E-state index contributed by atoms with van der Waals surface area (Å²) >= 11 is 0. The Balaban J connectivity index is 1.77. The molecule has 1 aromatic heterocycles. The van der Waals surface area contributed by atoms with E-state index < -0.39 is 5.91 Å². The van der Waals surface area contributed by atoms with Crippen molar-refractivity contribution in [1.29, 1.82) is 0 Å². The van der Waals surface area contributed by atoms with Crippen molar-refractivity contribution in [2.75, 3.05) is 6.54 Å². The van der Waals surface area contributed by atoms with Gasteiger partial charge in [0, 0.05) is 6.04 Å². The zero-order valence-electron chi connectivity index (χ0n) is 12.6. The van der Waals surface area contributed by atoms with E-state index >= 15 is 0 Å². The third kappa shape index (κ3) is 3.19. The van der Waals surface area contributed by atoms with Crippen LogP contribution in [-0.4, -0.2) is 33.4 Å². The van der Waals surface area contributed by atoms with Crippen LogP contribution in [0.5, 0.6) is 5.75 Å². The number of amides is 1. The van der Waals surface area contributed by atoms with Crippen molar-refractivity contribution in [1.82, 2.24) is 15.1 Å². The third-order valence-corrected chi connectivity index (χ3v) is 4.28. The molecule has 3 rings (SSSR count). The summed E-state index contributed by atoms with van der Waals surface area (Å²) in [4.78, 5) is 12.3. The maximum Gasteiger partial charge on any atom is 0.275 e. The highest BCUT2D eigenvalue weighted by atomic mass is 19.1. The average molecular weight is 318 g/mol. The van der Waals surface area contributed by atoms with E-state index in [9.17, 15) is 14.3 Å². The molecule has 1 aliphatic rings. The number of nitrogens with two attached hydrogens (primary N) is 1. The summed E-state index contributed by atoms with van der Waals surface area (Å²) in [6.45, 7) is 0.529. The smallest absolute Gasteiger partial charge is 0.275 e. The number of benzene rings is 1. The second-order valence-electron chi connectivity index (χ2n) is 5.79. The first kappa shape index (κ1) is 15.5. The zero-order chi connectivity index (χ0) is 16.4. The fraction of sp³-hybridized carbons (Fsp3) is 0.375. The van der Waals surface area contributed by atoms with Crippen LogP contribution in [0.4, 0.5) is 4.39 Å². The highest BCUT2D eigenvalue weighted by Crippen LogP contribution is 2.26. The molecule has 2 atom stereocenters. The summed E-state index contributed by atoms with van der Waals surface area (Å²) in [6, 6.07) is 5.63. The molecule has 23 heavy (non-hydrogen) atoms. The first-order chi connectivity index (χ1) is 11.1. The Morgan fingerprint density at radius 1 is 1.39 bits per heavy atom. The van der Waals surface area contributed by atoms with E-state index in [1.807, 2.05) is 0 Å². The molecule has 0 spiro atoms. The fourth-order valence-electron chi connectivity index (χ4n) is 3.00. The number of hydrogen-bond acceptors (Lipinski definition) is 4. The second-order valence-corrected chi connectivity index (χ2v) is 5.79. The Hall–Kier alpha value is -2.41. The van der Waals surface area contributed by atoms with Gasteiger partial charge in [-0.15, -0.1) is 0 Å². The van der Waals surface area contributed by atoms with Crippen LogP contribution >= 0.6 is 0 Å². The molecule has 7 heteroatoms. The molecule has 1 saturated carbocycles. The van der Waals surface area contributed by atoms with Gasteiger partial charge in [0.05, 0.1) is 11.9 Å². The normalized spacial score (nSPS) is 20.6. The molecule has 1 aromatic carbocycles. The molecule has 0 saturated heterocycles. The molecular weight excluding hydrogens is 299 g/mol. The molecule has 0 aliphatic heterocycles. The quantitative estimate of drug-likeness (QED) is 0.798. The number of carbonyl (C=O) groups excluding carboxylic acids is 1. The van der Waals surface area contributed by atoms with Crippen LogP contribution in [0.3, 0.4) is 0 Å². The zero-order valence-corrected chi connectivity index (χ0v) is 12.6. The molecule has 0 radical (unpaired) electrons. The molecule has 0 bridgehead atoms. The first-order valence-corrected chi connectivity index (χ1v) is 7.64. The molecule has 2 aromatic rings. The number of nitrogens with zero attached hydrogens (tertiary/aromatic N) is 2. The van der Waals surface area contributed by atoms with Gasteiger partial charge >= 0.3 is 0 Å². The largest absolute Gasteiger partial charge is 0.504 e. The van der Waals surface area contributed by atoms with Crippen molar-refractivity contribution in [3.63, 3.8) is 0 Å². The van der Waals surface area contributed by atoms with Crippen molar-refractivity contribution in [3.05, 3.63) is 42.0 Å².